The minimum Gasteiger partial charge on any atom is -0.462 e. The lowest BCUT2D eigenvalue weighted by atomic mass is 10.1. The molecule has 0 aromatic carbocycles. The van der Waals surface area contributed by atoms with Crippen LogP contribution in [-0.4, -0.2) is 96.7 Å². The molecule has 0 amide bonds. The number of aliphatic hydroxyl groups is 1. The summed E-state index contributed by atoms with van der Waals surface area (Å²) in [4.78, 5) is 73.1. The lowest BCUT2D eigenvalue weighted by molar-refractivity contribution is -0.161. The molecule has 106 heavy (non-hydrogen) atoms. The largest absolute Gasteiger partial charge is 0.472 e. The van der Waals surface area contributed by atoms with Crippen LogP contribution in [0.25, 0.3) is 0 Å². The van der Waals surface area contributed by atoms with Crippen LogP contribution in [0.15, 0.2) is 146 Å². The van der Waals surface area contributed by atoms with Crippen LogP contribution < -0.4 is 0 Å². The first-order chi connectivity index (χ1) is 51.7. The summed E-state index contributed by atoms with van der Waals surface area (Å²) in [6, 6.07) is 0. The van der Waals surface area contributed by atoms with Gasteiger partial charge in [-0.1, -0.05) is 302 Å². The standard InChI is InChI=1S/C87H146O17P2/c1-5-9-13-17-21-25-29-32-35-38-40-43-46-49-53-56-60-64-68-72-85(90)98-78-83(104-87(92)74-70-66-62-58-54-50-47-44-41-39-36-33-30-26-22-18-14-10-6-2)80-102-106(95,96)100-76-81(88)75-99-105(93,94)101-79-82(103-86(91)73-69-65-61-57-51-28-24-20-16-12-8-4)77-97-84(89)71-67-63-59-55-52-48-45-42-37-34-31-27-23-19-15-11-7-3/h9-11,13-15,21-23,25-27,32-37,40-41,43-45,48,81-83,88H,5-8,12,16-20,24,28-31,38-39,42,46-47,49-80H2,1-4H3,(H,93,94)(H,95,96)/b13-9-,14-10-,15-11-,25-21-,26-22-,27-23-,35-32-,36-33-,37-34-,43-40-,44-41-,48-45-. The summed E-state index contributed by atoms with van der Waals surface area (Å²) in [6.45, 7) is 4.49. The molecule has 0 spiro atoms. The SMILES string of the molecule is CC/C=C\C/C=C\C/C=C\C/C=C\CCCCCCCCC(=O)OCC(COP(=O)(O)OCC(O)COP(=O)(O)OCC(COC(=O)CCCCCC/C=C\C/C=C\C/C=C\C/C=C\CC)OC(=O)CCCCCCCCCCCCC)OC(=O)CCCCCCCC/C=C\C/C=C\C/C=C\C/C=C\CC. The van der Waals surface area contributed by atoms with Crippen LogP contribution in [0.5, 0.6) is 0 Å². The van der Waals surface area contributed by atoms with E-state index in [4.69, 9.17) is 37.0 Å². The molecule has 0 saturated carbocycles. The van der Waals surface area contributed by atoms with E-state index in [9.17, 15) is 43.2 Å². The van der Waals surface area contributed by atoms with Crippen molar-refractivity contribution in [3.8, 4) is 0 Å². The molecular weight excluding hydrogens is 1380 g/mol. The van der Waals surface area contributed by atoms with Crippen molar-refractivity contribution in [3.05, 3.63) is 146 Å². The van der Waals surface area contributed by atoms with Crippen molar-refractivity contribution in [1.82, 2.24) is 0 Å². The van der Waals surface area contributed by atoms with Crippen LogP contribution in [0.4, 0.5) is 0 Å². The average Bonchev–Trinajstić information content (AvgIpc) is 0.901. The van der Waals surface area contributed by atoms with Gasteiger partial charge in [-0.3, -0.25) is 37.3 Å². The van der Waals surface area contributed by atoms with Crippen molar-refractivity contribution in [2.24, 2.45) is 0 Å². The van der Waals surface area contributed by atoms with E-state index < -0.39 is 97.5 Å². The van der Waals surface area contributed by atoms with E-state index >= 15 is 0 Å². The molecule has 0 aromatic rings. The van der Waals surface area contributed by atoms with Crippen LogP contribution in [-0.2, 0) is 65.4 Å². The zero-order valence-electron chi connectivity index (χ0n) is 66.3. The molecular formula is C87H146O17P2. The maximum absolute atomic E-state index is 13.1. The molecule has 0 aromatic heterocycles. The average molecular weight is 1530 g/mol. The summed E-state index contributed by atoms with van der Waals surface area (Å²) in [5.74, 6) is -2.23. The first-order valence-corrected chi connectivity index (χ1v) is 44.1. The Morgan fingerprint density at radius 1 is 0.274 bits per heavy atom. The van der Waals surface area contributed by atoms with Gasteiger partial charge in [-0.05, 0) is 141 Å². The minimum atomic E-state index is -4.99. The van der Waals surface area contributed by atoms with E-state index in [-0.39, 0.29) is 25.7 Å². The van der Waals surface area contributed by atoms with Crippen molar-refractivity contribution in [2.75, 3.05) is 39.6 Å². The van der Waals surface area contributed by atoms with Gasteiger partial charge in [0.1, 0.15) is 19.3 Å². The molecule has 5 atom stereocenters. The molecule has 3 N–H and O–H groups in total. The van der Waals surface area contributed by atoms with Crippen molar-refractivity contribution < 1.29 is 80.2 Å². The summed E-state index contributed by atoms with van der Waals surface area (Å²) in [5.41, 5.74) is 0. The van der Waals surface area contributed by atoms with Crippen LogP contribution in [0, 0.1) is 0 Å². The maximum atomic E-state index is 13.1. The second kappa shape index (κ2) is 78.1. The van der Waals surface area contributed by atoms with Gasteiger partial charge in [0.2, 0.25) is 0 Å². The zero-order valence-corrected chi connectivity index (χ0v) is 68.1. The highest BCUT2D eigenvalue weighted by Crippen LogP contribution is 2.45. The highest BCUT2D eigenvalue weighted by atomic mass is 31.2. The predicted octanol–water partition coefficient (Wildman–Crippen LogP) is 24.2. The molecule has 0 aliphatic heterocycles. The number of phosphoric ester groups is 2. The van der Waals surface area contributed by atoms with Gasteiger partial charge in [0.15, 0.2) is 12.2 Å². The molecule has 0 rings (SSSR count). The summed E-state index contributed by atoms with van der Waals surface area (Å²) >= 11 is 0. The van der Waals surface area contributed by atoms with Crippen LogP contribution in [0.2, 0.25) is 0 Å². The zero-order chi connectivity index (χ0) is 77.4. The fraction of sp³-hybridized carbons (Fsp3) is 0.678. The lowest BCUT2D eigenvalue weighted by Crippen LogP contribution is -2.30. The quantitative estimate of drug-likeness (QED) is 0.0169. The third-order valence-corrected chi connectivity index (χ3v) is 18.7. The predicted molar refractivity (Wildman–Crippen MR) is 436 cm³/mol. The summed E-state index contributed by atoms with van der Waals surface area (Å²) in [5, 5.41) is 10.7. The smallest absolute Gasteiger partial charge is 0.462 e. The fourth-order valence-corrected chi connectivity index (χ4v) is 12.2. The molecule has 0 aliphatic rings. The molecule has 606 valence electrons. The van der Waals surface area contributed by atoms with Crippen LogP contribution in [0.1, 0.15) is 323 Å². The van der Waals surface area contributed by atoms with E-state index in [1.807, 2.05) is 0 Å². The molecule has 0 radical (unpaired) electrons. The van der Waals surface area contributed by atoms with E-state index in [0.29, 0.717) is 25.7 Å². The van der Waals surface area contributed by atoms with Crippen LogP contribution >= 0.6 is 15.6 Å². The number of ether oxygens (including phenoxy) is 4. The van der Waals surface area contributed by atoms with E-state index in [1.54, 1.807) is 0 Å². The Morgan fingerprint density at radius 3 is 0.755 bits per heavy atom. The Bertz CT molecular complexity index is 2580. The Kier molecular flexibility index (Phi) is 74.3. The van der Waals surface area contributed by atoms with Crippen LogP contribution in [0.3, 0.4) is 0 Å². The normalized spacial score (nSPS) is 14.6. The first-order valence-electron chi connectivity index (χ1n) is 41.1. The molecule has 0 fully saturated rings. The first kappa shape index (κ1) is 101. The van der Waals surface area contributed by atoms with E-state index in [0.717, 1.165) is 205 Å². The molecule has 19 heteroatoms. The van der Waals surface area contributed by atoms with Gasteiger partial charge in [-0.15, -0.1) is 0 Å². The number of hydrogen-bond acceptors (Lipinski definition) is 15. The second-order valence-corrected chi connectivity index (χ2v) is 29.8. The molecule has 0 aliphatic carbocycles. The van der Waals surface area contributed by atoms with Crippen molar-refractivity contribution >= 4 is 39.5 Å². The van der Waals surface area contributed by atoms with Crippen molar-refractivity contribution in [3.63, 3.8) is 0 Å². The van der Waals surface area contributed by atoms with Gasteiger partial charge < -0.3 is 33.8 Å². The van der Waals surface area contributed by atoms with Crippen molar-refractivity contribution in [1.29, 1.82) is 0 Å². The number of phosphoric acid groups is 2. The summed E-state index contributed by atoms with van der Waals surface area (Å²) < 4.78 is 68.7. The number of rotatable bonds is 76. The molecule has 0 saturated heterocycles. The van der Waals surface area contributed by atoms with Crippen molar-refractivity contribution in [2.45, 2.75) is 341 Å². The highest BCUT2D eigenvalue weighted by molar-refractivity contribution is 7.47. The fourth-order valence-electron chi connectivity index (χ4n) is 10.7. The number of hydrogen-bond donors (Lipinski definition) is 3. The summed E-state index contributed by atoms with van der Waals surface area (Å²) in [6.07, 6.45) is 89.6. The summed E-state index contributed by atoms with van der Waals surface area (Å²) in [7, 11) is -9.98. The number of unbranched alkanes of at least 4 members (excludes halogenated alkanes) is 26. The Hall–Kier alpha value is -5.06. The number of esters is 4. The topological polar surface area (TPSA) is 237 Å². The molecule has 5 unspecified atom stereocenters. The van der Waals surface area contributed by atoms with Gasteiger partial charge in [-0.2, -0.15) is 0 Å². The number of carbonyl (C=O) groups excluding carboxylic acids is 4. The van der Waals surface area contributed by atoms with Gasteiger partial charge in [0, 0.05) is 25.7 Å². The van der Waals surface area contributed by atoms with Gasteiger partial charge in [0.05, 0.1) is 26.4 Å². The number of carbonyl (C=O) groups is 4. The van der Waals surface area contributed by atoms with E-state index in [2.05, 4.69) is 174 Å². The second-order valence-electron chi connectivity index (χ2n) is 26.9. The molecule has 17 nitrogen and oxygen atoms in total. The molecule has 0 heterocycles. The molecule has 0 bridgehead atoms. The Morgan fingerprint density at radius 2 is 0.491 bits per heavy atom. The van der Waals surface area contributed by atoms with Gasteiger partial charge in [-0.25, -0.2) is 9.13 Å². The number of aliphatic hydroxyl groups excluding tert-OH is 1. The third-order valence-electron chi connectivity index (χ3n) is 16.8. The van der Waals surface area contributed by atoms with Gasteiger partial charge in [0.25, 0.3) is 0 Å². The van der Waals surface area contributed by atoms with E-state index in [1.165, 1.54) is 38.5 Å². The highest BCUT2D eigenvalue weighted by Gasteiger charge is 2.30. The van der Waals surface area contributed by atoms with Gasteiger partial charge >= 0.3 is 39.5 Å². The Balaban J connectivity index is 5.39. The Labute approximate surface area is 643 Å². The maximum Gasteiger partial charge on any atom is 0.472 e. The monoisotopic (exact) mass is 1530 g/mol. The number of allylic oxidation sites excluding steroid dienone is 24. The third kappa shape index (κ3) is 77.1. The minimum absolute atomic E-state index is 0.0712. The lowest BCUT2D eigenvalue weighted by Gasteiger charge is -2.21.